The second kappa shape index (κ2) is 7.35. The number of ether oxygens (including phenoxy) is 1. The number of benzene rings is 1. The van der Waals surface area contributed by atoms with E-state index in [0.717, 1.165) is 10.2 Å². The molecular weight excluding hydrogens is 298 g/mol. The Morgan fingerprint density at radius 2 is 2.22 bits per heavy atom. The van der Waals surface area contributed by atoms with E-state index in [2.05, 4.69) is 15.9 Å². The third kappa shape index (κ3) is 3.69. The summed E-state index contributed by atoms with van der Waals surface area (Å²) in [6.07, 6.45) is 0. The van der Waals surface area contributed by atoms with Crippen LogP contribution < -0.4 is 10.6 Å². The van der Waals surface area contributed by atoms with Gasteiger partial charge < -0.3 is 20.5 Å². The average molecular weight is 316 g/mol. The fraction of sp³-hybridized carbons (Fsp3) is 0.417. The fourth-order valence-corrected chi connectivity index (χ4v) is 2.29. The first kappa shape index (κ1) is 14.9. The summed E-state index contributed by atoms with van der Waals surface area (Å²) < 4.78 is 5.82. The molecule has 6 heteroatoms. The molecule has 0 saturated carbocycles. The number of rotatable bonds is 7. The zero-order chi connectivity index (χ0) is 13.5. The van der Waals surface area contributed by atoms with E-state index in [1.807, 2.05) is 23.1 Å². The summed E-state index contributed by atoms with van der Waals surface area (Å²) in [5.41, 5.74) is 7.07. The standard InChI is InChI=1S/C12H18BrN3O2/c1-18-8-6-16(5-7-17)10-4-2-3-9(13)11(10)12(14)15/h2-4,17H,5-8H2,1H3,(H3,14,15). The zero-order valence-corrected chi connectivity index (χ0v) is 11.9. The van der Waals surface area contributed by atoms with E-state index in [0.29, 0.717) is 25.3 Å². The molecule has 1 aromatic carbocycles. The van der Waals surface area contributed by atoms with Crippen LogP contribution in [0.25, 0.3) is 0 Å². The van der Waals surface area contributed by atoms with E-state index in [9.17, 15) is 0 Å². The topological polar surface area (TPSA) is 82.6 Å². The van der Waals surface area contributed by atoms with Crippen molar-refractivity contribution in [3.8, 4) is 0 Å². The predicted molar refractivity (Wildman–Crippen MR) is 76.3 cm³/mol. The lowest BCUT2D eigenvalue weighted by molar-refractivity contribution is 0.203. The molecule has 0 bridgehead atoms. The van der Waals surface area contributed by atoms with Crippen molar-refractivity contribution in [1.82, 2.24) is 0 Å². The Hall–Kier alpha value is -1.11. The lowest BCUT2D eigenvalue weighted by Crippen LogP contribution is -2.32. The van der Waals surface area contributed by atoms with E-state index in [-0.39, 0.29) is 12.4 Å². The number of halogens is 1. The Morgan fingerprint density at radius 1 is 1.50 bits per heavy atom. The number of aliphatic hydroxyl groups excluding tert-OH is 1. The Morgan fingerprint density at radius 3 is 2.78 bits per heavy atom. The first-order valence-electron chi connectivity index (χ1n) is 5.59. The van der Waals surface area contributed by atoms with Crippen molar-refractivity contribution in [3.63, 3.8) is 0 Å². The van der Waals surface area contributed by atoms with Gasteiger partial charge >= 0.3 is 0 Å². The molecular formula is C12H18BrN3O2. The molecule has 0 aliphatic rings. The van der Waals surface area contributed by atoms with Gasteiger partial charge in [-0.05, 0) is 28.1 Å². The summed E-state index contributed by atoms with van der Waals surface area (Å²) in [7, 11) is 1.63. The highest BCUT2D eigenvalue weighted by Crippen LogP contribution is 2.27. The normalized spacial score (nSPS) is 10.4. The maximum absolute atomic E-state index is 9.12. The van der Waals surface area contributed by atoms with Gasteiger partial charge in [-0.3, -0.25) is 5.41 Å². The largest absolute Gasteiger partial charge is 0.395 e. The van der Waals surface area contributed by atoms with Gasteiger partial charge in [0.1, 0.15) is 5.84 Å². The summed E-state index contributed by atoms with van der Waals surface area (Å²) in [5, 5.41) is 16.8. The number of hydrogen-bond acceptors (Lipinski definition) is 4. The fourth-order valence-electron chi connectivity index (χ4n) is 1.72. The molecule has 0 aromatic heterocycles. The summed E-state index contributed by atoms with van der Waals surface area (Å²) in [6, 6.07) is 5.60. The molecule has 0 saturated heterocycles. The number of nitrogen functional groups attached to an aromatic ring is 1. The van der Waals surface area contributed by atoms with Crippen LogP contribution in [-0.4, -0.2) is 44.4 Å². The lowest BCUT2D eigenvalue weighted by atomic mass is 10.1. The molecule has 5 nitrogen and oxygen atoms in total. The van der Waals surface area contributed by atoms with Gasteiger partial charge in [0.05, 0.1) is 18.8 Å². The molecule has 0 spiro atoms. The average Bonchev–Trinajstić information content (AvgIpc) is 2.33. The van der Waals surface area contributed by atoms with Gasteiger partial charge in [-0.2, -0.15) is 0 Å². The van der Waals surface area contributed by atoms with Crippen molar-refractivity contribution < 1.29 is 9.84 Å². The van der Waals surface area contributed by atoms with Crippen LogP contribution in [-0.2, 0) is 4.74 Å². The van der Waals surface area contributed by atoms with Crippen LogP contribution >= 0.6 is 15.9 Å². The lowest BCUT2D eigenvalue weighted by Gasteiger charge is -2.26. The highest BCUT2D eigenvalue weighted by atomic mass is 79.9. The van der Waals surface area contributed by atoms with E-state index in [1.165, 1.54) is 0 Å². The molecule has 0 fully saturated rings. The molecule has 100 valence electrons. The van der Waals surface area contributed by atoms with Gasteiger partial charge in [-0.15, -0.1) is 0 Å². The second-order valence-electron chi connectivity index (χ2n) is 3.75. The van der Waals surface area contributed by atoms with Gasteiger partial charge in [-0.1, -0.05) is 6.07 Å². The zero-order valence-electron chi connectivity index (χ0n) is 10.3. The van der Waals surface area contributed by atoms with E-state index < -0.39 is 0 Å². The molecule has 18 heavy (non-hydrogen) atoms. The Kier molecular flexibility index (Phi) is 6.11. The smallest absolute Gasteiger partial charge is 0.126 e. The number of hydrogen-bond donors (Lipinski definition) is 3. The molecule has 0 unspecified atom stereocenters. The molecule has 0 aliphatic heterocycles. The molecule has 0 atom stereocenters. The van der Waals surface area contributed by atoms with Crippen LogP contribution in [0.3, 0.4) is 0 Å². The van der Waals surface area contributed by atoms with Gasteiger partial charge in [0.25, 0.3) is 0 Å². The van der Waals surface area contributed by atoms with Gasteiger partial charge in [0.15, 0.2) is 0 Å². The van der Waals surface area contributed by atoms with Crippen molar-refractivity contribution in [2.75, 3.05) is 38.3 Å². The van der Waals surface area contributed by atoms with Crippen molar-refractivity contribution in [2.24, 2.45) is 5.73 Å². The van der Waals surface area contributed by atoms with Gasteiger partial charge in [0, 0.05) is 30.4 Å². The first-order valence-corrected chi connectivity index (χ1v) is 6.38. The number of nitrogens with zero attached hydrogens (tertiary/aromatic N) is 1. The van der Waals surface area contributed by atoms with Crippen LogP contribution in [0.1, 0.15) is 5.56 Å². The monoisotopic (exact) mass is 315 g/mol. The number of nitrogens with one attached hydrogen (secondary N) is 1. The highest BCUT2D eigenvalue weighted by molar-refractivity contribution is 9.10. The first-order chi connectivity index (χ1) is 8.61. The molecule has 0 radical (unpaired) electrons. The molecule has 0 amide bonds. The minimum absolute atomic E-state index is 0.00201. The molecule has 1 aromatic rings. The van der Waals surface area contributed by atoms with Crippen molar-refractivity contribution >= 4 is 27.5 Å². The Labute approximate surface area is 115 Å². The predicted octanol–water partition coefficient (Wildman–Crippen LogP) is 1.18. The summed E-state index contributed by atoms with van der Waals surface area (Å²) in [5.74, 6) is -0.00201. The Bertz CT molecular complexity index is 412. The minimum atomic E-state index is -0.00201. The van der Waals surface area contributed by atoms with Crippen LogP contribution in [0.4, 0.5) is 5.69 Å². The van der Waals surface area contributed by atoms with E-state index in [1.54, 1.807) is 7.11 Å². The quantitative estimate of drug-likeness (QED) is 0.521. The number of aliphatic hydroxyl groups is 1. The highest BCUT2D eigenvalue weighted by Gasteiger charge is 2.15. The maximum Gasteiger partial charge on any atom is 0.126 e. The molecule has 0 aliphatic carbocycles. The summed E-state index contributed by atoms with van der Waals surface area (Å²) in [4.78, 5) is 1.95. The number of methoxy groups -OCH3 is 1. The van der Waals surface area contributed by atoms with E-state index >= 15 is 0 Å². The third-order valence-corrected chi connectivity index (χ3v) is 3.20. The summed E-state index contributed by atoms with van der Waals surface area (Å²) >= 11 is 3.39. The van der Waals surface area contributed by atoms with Crippen molar-refractivity contribution in [3.05, 3.63) is 28.2 Å². The molecule has 0 heterocycles. The number of amidine groups is 1. The van der Waals surface area contributed by atoms with Crippen LogP contribution in [0.2, 0.25) is 0 Å². The maximum atomic E-state index is 9.12. The molecule has 1 rings (SSSR count). The summed E-state index contributed by atoms with van der Waals surface area (Å²) in [6.45, 7) is 1.69. The van der Waals surface area contributed by atoms with Crippen molar-refractivity contribution in [1.29, 1.82) is 5.41 Å². The van der Waals surface area contributed by atoms with Crippen molar-refractivity contribution in [2.45, 2.75) is 0 Å². The molecule has 4 N–H and O–H groups in total. The number of nitrogens with two attached hydrogens (primary N) is 1. The van der Waals surface area contributed by atoms with Gasteiger partial charge in [0.2, 0.25) is 0 Å². The van der Waals surface area contributed by atoms with Gasteiger partial charge in [-0.25, -0.2) is 0 Å². The van der Waals surface area contributed by atoms with Crippen LogP contribution in [0.5, 0.6) is 0 Å². The van der Waals surface area contributed by atoms with Crippen LogP contribution in [0.15, 0.2) is 22.7 Å². The van der Waals surface area contributed by atoms with E-state index in [4.69, 9.17) is 21.0 Å². The SMILES string of the molecule is COCCN(CCO)c1cccc(Br)c1C(=N)N. The van der Waals surface area contributed by atoms with Crippen LogP contribution in [0, 0.1) is 5.41 Å². The Balaban J connectivity index is 3.10. The number of anilines is 1. The second-order valence-corrected chi connectivity index (χ2v) is 4.61. The third-order valence-electron chi connectivity index (χ3n) is 2.54. The minimum Gasteiger partial charge on any atom is -0.395 e.